The second-order valence-corrected chi connectivity index (χ2v) is 7.29. The van der Waals surface area contributed by atoms with Crippen LogP contribution in [0.1, 0.15) is 36.8 Å². The summed E-state index contributed by atoms with van der Waals surface area (Å²) in [6, 6.07) is 17.4. The van der Waals surface area contributed by atoms with Crippen LogP contribution in [0.5, 0.6) is 0 Å². The third kappa shape index (κ3) is 3.60. The number of hydrogen-bond donors (Lipinski definition) is 0. The first kappa shape index (κ1) is 17.7. The fraction of sp³-hybridized carbons (Fsp3) is 0.286. The molecule has 2 aromatic carbocycles. The molecule has 0 bridgehead atoms. The minimum Gasteiger partial charge on any atom is -0.333 e. The Morgan fingerprint density at radius 2 is 1.81 bits per heavy atom. The molecule has 4 rings (SSSR count). The highest BCUT2D eigenvalue weighted by Gasteiger charge is 2.28. The van der Waals surface area contributed by atoms with Gasteiger partial charge in [0.15, 0.2) is 5.82 Å². The van der Waals surface area contributed by atoms with E-state index in [0.717, 1.165) is 37.1 Å². The van der Waals surface area contributed by atoms with Crippen molar-refractivity contribution in [3.63, 3.8) is 0 Å². The van der Waals surface area contributed by atoms with Crippen LogP contribution in [-0.2, 0) is 0 Å². The normalized spacial score (nSPS) is 17.1. The standard InChI is InChI=1S/C21H21ClN4O/c1-15-7-5-6-14-25(15)21(27)19-23-20(16-8-3-2-4-9-16)26(24-19)18-12-10-17(22)11-13-18/h2-4,8-13,15H,5-7,14H2,1H3/t15-/m1/s1. The topological polar surface area (TPSA) is 51.0 Å². The molecule has 0 radical (unpaired) electrons. The number of nitrogens with zero attached hydrogens (tertiary/aromatic N) is 4. The molecule has 1 aromatic heterocycles. The number of carbonyl (C=O) groups is 1. The molecule has 0 unspecified atom stereocenters. The first-order valence-corrected chi connectivity index (χ1v) is 9.60. The van der Waals surface area contributed by atoms with E-state index in [9.17, 15) is 4.79 Å². The molecule has 1 amide bonds. The Morgan fingerprint density at radius 1 is 1.07 bits per heavy atom. The number of likely N-dealkylation sites (tertiary alicyclic amines) is 1. The quantitative estimate of drug-likeness (QED) is 0.667. The van der Waals surface area contributed by atoms with E-state index in [4.69, 9.17) is 11.6 Å². The van der Waals surface area contributed by atoms with Gasteiger partial charge < -0.3 is 4.90 Å². The molecule has 1 aliphatic heterocycles. The molecule has 6 heteroatoms. The van der Waals surface area contributed by atoms with E-state index < -0.39 is 0 Å². The fourth-order valence-electron chi connectivity index (χ4n) is 3.47. The number of hydrogen-bond acceptors (Lipinski definition) is 3. The lowest BCUT2D eigenvalue weighted by Crippen LogP contribution is -2.42. The van der Waals surface area contributed by atoms with E-state index in [0.29, 0.717) is 10.8 Å². The van der Waals surface area contributed by atoms with Gasteiger partial charge in [-0.2, -0.15) is 0 Å². The maximum Gasteiger partial charge on any atom is 0.293 e. The van der Waals surface area contributed by atoms with Gasteiger partial charge in [0.1, 0.15) is 0 Å². The highest BCUT2D eigenvalue weighted by Crippen LogP contribution is 2.24. The van der Waals surface area contributed by atoms with E-state index in [1.807, 2.05) is 59.5 Å². The van der Waals surface area contributed by atoms with E-state index in [1.54, 1.807) is 4.68 Å². The third-order valence-electron chi connectivity index (χ3n) is 4.97. The maximum atomic E-state index is 13.1. The molecule has 0 N–H and O–H groups in total. The molecule has 2 heterocycles. The molecule has 0 aliphatic carbocycles. The van der Waals surface area contributed by atoms with Crippen molar-refractivity contribution in [3.05, 3.63) is 65.4 Å². The van der Waals surface area contributed by atoms with Gasteiger partial charge in [-0.25, -0.2) is 9.67 Å². The smallest absolute Gasteiger partial charge is 0.293 e. The average molecular weight is 381 g/mol. The minimum absolute atomic E-state index is 0.105. The second-order valence-electron chi connectivity index (χ2n) is 6.86. The summed E-state index contributed by atoms with van der Waals surface area (Å²) in [5.74, 6) is 0.774. The Hall–Kier alpha value is -2.66. The summed E-state index contributed by atoms with van der Waals surface area (Å²) < 4.78 is 1.72. The number of halogens is 1. The minimum atomic E-state index is -0.105. The SMILES string of the molecule is C[C@@H]1CCCCN1C(=O)c1nc(-c2ccccc2)n(-c2ccc(Cl)cc2)n1. The summed E-state index contributed by atoms with van der Waals surface area (Å²) >= 11 is 6.02. The van der Waals surface area contributed by atoms with Crippen molar-refractivity contribution >= 4 is 17.5 Å². The zero-order chi connectivity index (χ0) is 18.8. The maximum absolute atomic E-state index is 13.1. The zero-order valence-corrected chi connectivity index (χ0v) is 15.9. The monoisotopic (exact) mass is 380 g/mol. The van der Waals surface area contributed by atoms with Crippen LogP contribution in [-0.4, -0.2) is 38.2 Å². The molecular formula is C21H21ClN4O. The van der Waals surface area contributed by atoms with Crippen LogP contribution in [0.15, 0.2) is 54.6 Å². The van der Waals surface area contributed by atoms with E-state index in [-0.39, 0.29) is 17.8 Å². The zero-order valence-electron chi connectivity index (χ0n) is 15.2. The average Bonchev–Trinajstić information content (AvgIpc) is 3.14. The molecule has 1 aliphatic rings. The van der Waals surface area contributed by atoms with Gasteiger partial charge in [-0.05, 0) is 50.5 Å². The summed E-state index contributed by atoms with van der Waals surface area (Å²) in [4.78, 5) is 19.6. The summed E-state index contributed by atoms with van der Waals surface area (Å²) in [6.45, 7) is 2.85. The number of piperidine rings is 1. The Kier molecular flexibility index (Phi) is 4.94. The third-order valence-corrected chi connectivity index (χ3v) is 5.22. The summed E-state index contributed by atoms with van der Waals surface area (Å²) in [7, 11) is 0. The van der Waals surface area contributed by atoms with Gasteiger partial charge in [-0.3, -0.25) is 4.79 Å². The molecule has 1 atom stereocenters. The van der Waals surface area contributed by atoms with Crippen molar-refractivity contribution in [2.24, 2.45) is 0 Å². The number of aromatic nitrogens is 3. The van der Waals surface area contributed by atoms with Gasteiger partial charge in [0.2, 0.25) is 5.82 Å². The van der Waals surface area contributed by atoms with Gasteiger partial charge in [-0.1, -0.05) is 41.9 Å². The molecule has 5 nitrogen and oxygen atoms in total. The van der Waals surface area contributed by atoms with Gasteiger partial charge >= 0.3 is 0 Å². The van der Waals surface area contributed by atoms with Gasteiger partial charge in [0, 0.05) is 23.2 Å². The van der Waals surface area contributed by atoms with Crippen LogP contribution in [0.2, 0.25) is 5.02 Å². The lowest BCUT2D eigenvalue weighted by atomic mass is 10.0. The van der Waals surface area contributed by atoms with Crippen LogP contribution < -0.4 is 0 Å². The van der Waals surface area contributed by atoms with Crippen molar-refractivity contribution in [1.29, 1.82) is 0 Å². The van der Waals surface area contributed by atoms with Crippen molar-refractivity contribution in [2.75, 3.05) is 6.54 Å². The molecule has 0 spiro atoms. The molecule has 27 heavy (non-hydrogen) atoms. The van der Waals surface area contributed by atoms with Crippen molar-refractivity contribution in [2.45, 2.75) is 32.2 Å². The number of benzene rings is 2. The molecule has 3 aromatic rings. The Balaban J connectivity index is 1.78. The number of rotatable bonds is 3. The molecule has 1 saturated heterocycles. The first-order chi connectivity index (χ1) is 13.1. The van der Waals surface area contributed by atoms with Gasteiger partial charge in [0.25, 0.3) is 5.91 Å². The fourth-order valence-corrected chi connectivity index (χ4v) is 3.59. The highest BCUT2D eigenvalue weighted by atomic mass is 35.5. The number of carbonyl (C=O) groups excluding carboxylic acids is 1. The Bertz CT molecular complexity index is 937. The van der Waals surface area contributed by atoms with Crippen molar-refractivity contribution < 1.29 is 4.79 Å². The van der Waals surface area contributed by atoms with E-state index >= 15 is 0 Å². The Morgan fingerprint density at radius 3 is 2.52 bits per heavy atom. The van der Waals surface area contributed by atoms with Crippen molar-refractivity contribution in [3.8, 4) is 17.1 Å². The van der Waals surface area contributed by atoms with Crippen molar-refractivity contribution in [1.82, 2.24) is 19.7 Å². The summed E-state index contributed by atoms with van der Waals surface area (Å²) in [6.07, 6.45) is 3.21. The van der Waals surface area contributed by atoms with Crippen LogP contribution in [0, 0.1) is 0 Å². The lowest BCUT2D eigenvalue weighted by molar-refractivity contribution is 0.0623. The Labute approximate surface area is 163 Å². The van der Waals surface area contributed by atoms with Crippen LogP contribution in [0.3, 0.4) is 0 Å². The summed E-state index contributed by atoms with van der Waals surface area (Å²) in [5.41, 5.74) is 1.72. The molecular weight excluding hydrogens is 360 g/mol. The molecule has 0 saturated carbocycles. The summed E-state index contributed by atoms with van der Waals surface area (Å²) in [5, 5.41) is 5.22. The van der Waals surface area contributed by atoms with Crippen LogP contribution >= 0.6 is 11.6 Å². The van der Waals surface area contributed by atoms with E-state index in [1.165, 1.54) is 0 Å². The van der Waals surface area contributed by atoms with Crippen LogP contribution in [0.4, 0.5) is 0 Å². The number of amides is 1. The highest BCUT2D eigenvalue weighted by molar-refractivity contribution is 6.30. The largest absolute Gasteiger partial charge is 0.333 e. The van der Waals surface area contributed by atoms with Crippen LogP contribution in [0.25, 0.3) is 17.1 Å². The van der Waals surface area contributed by atoms with Gasteiger partial charge in [-0.15, -0.1) is 5.10 Å². The van der Waals surface area contributed by atoms with E-state index in [2.05, 4.69) is 17.0 Å². The predicted molar refractivity (Wildman–Crippen MR) is 106 cm³/mol. The lowest BCUT2D eigenvalue weighted by Gasteiger charge is -2.32. The molecule has 1 fully saturated rings. The first-order valence-electron chi connectivity index (χ1n) is 9.23. The second kappa shape index (κ2) is 7.53. The predicted octanol–water partition coefficient (Wildman–Crippen LogP) is 4.60. The van der Waals surface area contributed by atoms with Gasteiger partial charge in [0.05, 0.1) is 5.69 Å². The molecule has 138 valence electrons.